The minimum Gasteiger partial charge on any atom is -0.368 e. The fraction of sp³-hybridized carbons (Fsp3) is 0.478. The average molecular weight is 395 g/mol. The second-order valence-corrected chi connectivity index (χ2v) is 9.01. The van der Waals surface area contributed by atoms with E-state index in [1.165, 1.54) is 52.6 Å². The highest BCUT2D eigenvalue weighted by Crippen LogP contribution is 2.37. The van der Waals surface area contributed by atoms with E-state index in [1.54, 1.807) is 6.33 Å². The van der Waals surface area contributed by atoms with Crippen molar-refractivity contribution < 1.29 is 0 Å². The maximum Gasteiger partial charge on any atom is 0.138 e. The third kappa shape index (κ3) is 3.91. The maximum absolute atomic E-state index is 4.64. The van der Waals surface area contributed by atoms with E-state index < -0.39 is 0 Å². The minimum atomic E-state index is 0.299. The number of nitrogens with one attached hydrogen (secondary N) is 1. The van der Waals surface area contributed by atoms with Gasteiger partial charge >= 0.3 is 0 Å². The first kappa shape index (κ1) is 19.3. The first-order valence-electron chi connectivity index (χ1n) is 10.4. The molecule has 2 heterocycles. The Morgan fingerprint density at radius 3 is 2.61 bits per heavy atom. The van der Waals surface area contributed by atoms with Crippen molar-refractivity contribution in [1.82, 2.24) is 14.9 Å². The second-order valence-electron chi connectivity index (χ2n) is 7.92. The Morgan fingerprint density at radius 2 is 1.86 bits per heavy atom. The molecule has 0 amide bonds. The van der Waals surface area contributed by atoms with Crippen LogP contribution >= 0.6 is 11.3 Å². The molecular formula is C23H30N4S. The molecule has 1 aliphatic carbocycles. The predicted molar refractivity (Wildman–Crippen MR) is 119 cm³/mol. The molecule has 0 saturated carbocycles. The Bertz CT molecular complexity index is 930. The molecule has 4 nitrogen and oxygen atoms in total. The predicted octanol–water partition coefficient (Wildman–Crippen LogP) is 5.24. The van der Waals surface area contributed by atoms with Crippen molar-refractivity contribution in [3.63, 3.8) is 0 Å². The van der Waals surface area contributed by atoms with E-state index in [1.807, 2.05) is 11.3 Å². The molecule has 3 aromatic rings. The highest BCUT2D eigenvalue weighted by Gasteiger charge is 2.20. The number of hydrogen-bond donors (Lipinski definition) is 1. The lowest BCUT2D eigenvalue weighted by atomic mass is 10.0. The molecule has 1 aromatic carbocycles. The van der Waals surface area contributed by atoms with Crippen LogP contribution in [0.1, 0.15) is 53.8 Å². The molecule has 1 aliphatic rings. The molecule has 4 rings (SSSR count). The number of likely N-dealkylation sites (N-methyl/N-ethyl adjacent to an activating group) is 1. The molecule has 148 valence electrons. The second kappa shape index (κ2) is 8.58. The van der Waals surface area contributed by atoms with Crippen LogP contribution in [0.2, 0.25) is 0 Å². The van der Waals surface area contributed by atoms with E-state index in [4.69, 9.17) is 0 Å². The van der Waals surface area contributed by atoms with Crippen LogP contribution in [0.15, 0.2) is 30.6 Å². The molecule has 1 N–H and O–H groups in total. The summed E-state index contributed by atoms with van der Waals surface area (Å²) in [6, 6.07) is 9.31. The van der Waals surface area contributed by atoms with Crippen molar-refractivity contribution in [3.8, 4) is 0 Å². The van der Waals surface area contributed by atoms with Crippen molar-refractivity contribution in [1.29, 1.82) is 0 Å². The Morgan fingerprint density at radius 1 is 1.07 bits per heavy atom. The van der Waals surface area contributed by atoms with Crippen LogP contribution in [0.4, 0.5) is 5.82 Å². The molecule has 1 atom stereocenters. The lowest BCUT2D eigenvalue weighted by Gasteiger charge is -2.25. The summed E-state index contributed by atoms with van der Waals surface area (Å²) in [5.74, 6) is 1.00. The maximum atomic E-state index is 4.64. The molecule has 0 bridgehead atoms. The zero-order valence-corrected chi connectivity index (χ0v) is 18.0. The number of benzene rings is 1. The summed E-state index contributed by atoms with van der Waals surface area (Å²) < 4.78 is 0. The quantitative estimate of drug-likeness (QED) is 0.581. The number of aryl methyl sites for hydroxylation is 3. The molecule has 0 radical (unpaired) electrons. The lowest BCUT2D eigenvalue weighted by Crippen LogP contribution is -2.27. The topological polar surface area (TPSA) is 41.1 Å². The van der Waals surface area contributed by atoms with E-state index >= 15 is 0 Å². The van der Waals surface area contributed by atoms with Crippen LogP contribution in [0.5, 0.6) is 0 Å². The summed E-state index contributed by atoms with van der Waals surface area (Å²) in [6.45, 7) is 3.03. The number of rotatable bonds is 6. The molecular weight excluding hydrogens is 364 g/mol. The summed E-state index contributed by atoms with van der Waals surface area (Å²) in [4.78, 5) is 14.1. The first-order valence-corrected chi connectivity index (χ1v) is 11.2. The Balaban J connectivity index is 1.60. The van der Waals surface area contributed by atoms with E-state index in [-0.39, 0.29) is 0 Å². The van der Waals surface area contributed by atoms with E-state index in [9.17, 15) is 0 Å². The van der Waals surface area contributed by atoms with Gasteiger partial charge in [0.15, 0.2) is 0 Å². The van der Waals surface area contributed by atoms with Gasteiger partial charge in [-0.25, -0.2) is 9.97 Å². The number of anilines is 1. The summed E-state index contributed by atoms with van der Waals surface area (Å²) in [5, 5.41) is 4.93. The molecule has 0 fully saturated rings. The first-order chi connectivity index (χ1) is 13.7. The standard InChI is InChI=1S/C23H30N4S/c1-4-16-10-12-17(13-11-16)19(27(2)3)14-24-22-21-18-8-6-5-7-9-20(18)28-23(21)26-15-25-22/h10-13,15,19H,4-9,14H2,1-3H3,(H,24,25,26)/t19-/m0/s1. The van der Waals surface area contributed by atoms with Gasteiger partial charge in [0.1, 0.15) is 17.0 Å². The van der Waals surface area contributed by atoms with Gasteiger partial charge in [-0.3, -0.25) is 0 Å². The lowest BCUT2D eigenvalue weighted by molar-refractivity contribution is 0.311. The van der Waals surface area contributed by atoms with Gasteiger partial charge in [-0.05, 0) is 62.9 Å². The van der Waals surface area contributed by atoms with Crippen LogP contribution in [-0.2, 0) is 19.3 Å². The van der Waals surface area contributed by atoms with Crippen molar-refractivity contribution in [2.45, 2.75) is 51.5 Å². The van der Waals surface area contributed by atoms with Crippen LogP contribution in [-0.4, -0.2) is 35.5 Å². The number of thiophene rings is 1. The number of hydrogen-bond acceptors (Lipinski definition) is 5. The number of fused-ring (bicyclic) bond motifs is 3. The zero-order chi connectivity index (χ0) is 19.5. The average Bonchev–Trinajstić information content (AvgIpc) is 2.90. The molecule has 0 spiro atoms. The van der Waals surface area contributed by atoms with Crippen molar-refractivity contribution in [2.24, 2.45) is 0 Å². The third-order valence-electron chi connectivity index (χ3n) is 5.86. The van der Waals surface area contributed by atoms with Gasteiger partial charge < -0.3 is 10.2 Å². The van der Waals surface area contributed by atoms with Gasteiger partial charge in [-0.2, -0.15) is 0 Å². The Labute approximate surface area is 172 Å². The highest BCUT2D eigenvalue weighted by molar-refractivity contribution is 7.18. The largest absolute Gasteiger partial charge is 0.368 e. The fourth-order valence-electron chi connectivity index (χ4n) is 4.17. The van der Waals surface area contributed by atoms with Gasteiger partial charge in [-0.1, -0.05) is 37.6 Å². The molecule has 0 aliphatic heterocycles. The monoisotopic (exact) mass is 394 g/mol. The van der Waals surface area contributed by atoms with E-state index in [0.717, 1.165) is 30.0 Å². The number of nitrogens with zero attached hydrogens (tertiary/aromatic N) is 3. The minimum absolute atomic E-state index is 0.299. The van der Waals surface area contributed by atoms with Gasteiger partial charge in [0.25, 0.3) is 0 Å². The molecule has 2 aromatic heterocycles. The summed E-state index contributed by atoms with van der Waals surface area (Å²) in [6.07, 6.45) is 9.04. The van der Waals surface area contributed by atoms with Crippen molar-refractivity contribution in [2.75, 3.05) is 26.0 Å². The van der Waals surface area contributed by atoms with Crippen LogP contribution < -0.4 is 5.32 Å². The molecule has 0 saturated heterocycles. The van der Waals surface area contributed by atoms with Crippen LogP contribution in [0.3, 0.4) is 0 Å². The fourth-order valence-corrected chi connectivity index (χ4v) is 5.40. The summed E-state index contributed by atoms with van der Waals surface area (Å²) in [7, 11) is 4.29. The summed E-state index contributed by atoms with van der Waals surface area (Å²) >= 11 is 1.87. The van der Waals surface area contributed by atoms with Gasteiger partial charge in [0, 0.05) is 11.4 Å². The van der Waals surface area contributed by atoms with Crippen LogP contribution in [0.25, 0.3) is 10.2 Å². The van der Waals surface area contributed by atoms with Crippen molar-refractivity contribution >= 4 is 27.4 Å². The van der Waals surface area contributed by atoms with Gasteiger partial charge in [0.05, 0.1) is 11.4 Å². The third-order valence-corrected chi connectivity index (χ3v) is 7.06. The van der Waals surface area contributed by atoms with E-state index in [2.05, 4.69) is 65.5 Å². The van der Waals surface area contributed by atoms with Gasteiger partial charge in [-0.15, -0.1) is 11.3 Å². The molecule has 5 heteroatoms. The normalized spacial score (nSPS) is 15.4. The van der Waals surface area contributed by atoms with Crippen LogP contribution in [0, 0.1) is 0 Å². The molecule has 28 heavy (non-hydrogen) atoms. The SMILES string of the molecule is CCc1ccc([C@H](CNc2ncnc3sc4c(c23)CCCCC4)N(C)C)cc1. The van der Waals surface area contributed by atoms with Gasteiger partial charge in [0.2, 0.25) is 0 Å². The molecule has 0 unspecified atom stereocenters. The van der Waals surface area contributed by atoms with Crippen molar-refractivity contribution in [3.05, 3.63) is 52.2 Å². The Kier molecular flexibility index (Phi) is 5.93. The zero-order valence-electron chi connectivity index (χ0n) is 17.2. The highest BCUT2D eigenvalue weighted by atomic mass is 32.1. The smallest absolute Gasteiger partial charge is 0.138 e. The van der Waals surface area contributed by atoms with E-state index in [0.29, 0.717) is 6.04 Å². The summed E-state index contributed by atoms with van der Waals surface area (Å²) in [5.41, 5.74) is 4.21. The number of aromatic nitrogens is 2. The Hall–Kier alpha value is -1.98.